The first-order valence-corrected chi connectivity index (χ1v) is 15.8. The molecule has 0 atom stereocenters. The molecular formula is C35H28NOPS. The predicted molar refractivity (Wildman–Crippen MR) is 171 cm³/mol. The minimum absolute atomic E-state index is 0.833. The number of benzene rings is 5. The van der Waals surface area contributed by atoms with Crippen LogP contribution < -0.4 is 15.9 Å². The van der Waals surface area contributed by atoms with Crippen molar-refractivity contribution in [2.24, 2.45) is 0 Å². The molecular weight excluding hydrogens is 513 g/mol. The molecule has 2 heterocycles. The minimum Gasteiger partial charge on any atom is -0.309 e. The molecule has 0 aliphatic heterocycles. The van der Waals surface area contributed by atoms with E-state index >= 15 is 0 Å². The summed E-state index contributed by atoms with van der Waals surface area (Å²) >= 11 is 1.78. The zero-order valence-corrected chi connectivity index (χ0v) is 23.6. The van der Waals surface area contributed by atoms with E-state index in [1.165, 1.54) is 20.3 Å². The molecule has 7 aromatic rings. The zero-order chi connectivity index (χ0) is 26.8. The van der Waals surface area contributed by atoms with Crippen molar-refractivity contribution in [3.63, 3.8) is 0 Å². The quantitative estimate of drug-likeness (QED) is 0.208. The minimum atomic E-state index is -3.02. The highest BCUT2D eigenvalue weighted by molar-refractivity contribution is 7.85. The van der Waals surface area contributed by atoms with Crippen LogP contribution in [0.3, 0.4) is 0 Å². The average Bonchev–Trinajstić information content (AvgIpc) is 3.39. The highest BCUT2D eigenvalue weighted by atomic mass is 32.1. The summed E-state index contributed by atoms with van der Waals surface area (Å²) in [6.07, 6.45) is 0. The molecule has 0 fully saturated rings. The number of hydrogen-bond donors (Lipinski definition) is 0. The Labute approximate surface area is 233 Å². The second-order valence-corrected chi connectivity index (χ2v) is 12.9. The van der Waals surface area contributed by atoms with E-state index in [2.05, 4.69) is 54.6 Å². The lowest BCUT2D eigenvalue weighted by molar-refractivity contribution is 0.592. The first kappa shape index (κ1) is 25.2. The number of rotatable bonds is 4. The highest BCUT2D eigenvalue weighted by Gasteiger charge is 2.29. The van der Waals surface area contributed by atoms with Gasteiger partial charge in [-0.2, -0.15) is 0 Å². The first-order chi connectivity index (χ1) is 19.2. The summed E-state index contributed by atoms with van der Waals surface area (Å²) in [6.45, 7) is 4.00. The predicted octanol–water partition coefficient (Wildman–Crippen LogP) is 8.94. The standard InChI is InChI=1S/C33H22NOPS.C2H6/c35-36(24-11-3-1-4-12-24,25-13-5-2-6-14-25)26-21-19-23(20-22-26)31-27-15-7-9-17-29(27)34-32-28-16-8-10-18-30(28)37-33(31)32;1-2/h1-22H;1-2H3. The molecule has 2 aromatic heterocycles. The van der Waals surface area contributed by atoms with Crippen LogP contribution in [0.1, 0.15) is 13.8 Å². The van der Waals surface area contributed by atoms with Crippen LogP contribution in [0.4, 0.5) is 0 Å². The molecule has 4 heteroatoms. The smallest absolute Gasteiger partial charge is 0.171 e. The van der Waals surface area contributed by atoms with Crippen molar-refractivity contribution in [3.05, 3.63) is 133 Å². The normalized spacial score (nSPS) is 11.4. The van der Waals surface area contributed by atoms with E-state index in [1.54, 1.807) is 11.3 Å². The Morgan fingerprint density at radius 1 is 0.564 bits per heavy atom. The Balaban J connectivity index is 0.00000135. The lowest BCUT2D eigenvalue weighted by atomic mass is 10.00. The Kier molecular flexibility index (Phi) is 6.87. The second-order valence-electron chi connectivity index (χ2n) is 9.11. The fourth-order valence-corrected chi connectivity index (χ4v) is 9.06. The maximum absolute atomic E-state index is 14.8. The fourth-order valence-electron chi connectivity index (χ4n) is 5.19. The van der Waals surface area contributed by atoms with Crippen molar-refractivity contribution in [2.45, 2.75) is 13.8 Å². The first-order valence-electron chi connectivity index (χ1n) is 13.3. The third kappa shape index (κ3) is 4.29. The summed E-state index contributed by atoms with van der Waals surface area (Å²) in [5, 5.41) is 4.83. The van der Waals surface area contributed by atoms with Gasteiger partial charge in [0.25, 0.3) is 0 Å². The number of hydrogen-bond acceptors (Lipinski definition) is 3. The lowest BCUT2D eigenvalue weighted by Crippen LogP contribution is -2.24. The van der Waals surface area contributed by atoms with E-state index in [0.29, 0.717) is 0 Å². The van der Waals surface area contributed by atoms with Crippen molar-refractivity contribution in [1.82, 2.24) is 4.98 Å². The average molecular weight is 542 g/mol. The fraction of sp³-hybridized carbons (Fsp3) is 0.0571. The summed E-state index contributed by atoms with van der Waals surface area (Å²) in [5.74, 6) is 0. The van der Waals surface area contributed by atoms with Crippen LogP contribution in [0.2, 0.25) is 0 Å². The van der Waals surface area contributed by atoms with Gasteiger partial charge in [0.05, 0.1) is 15.7 Å². The number of fused-ring (bicyclic) bond motifs is 4. The molecule has 190 valence electrons. The van der Waals surface area contributed by atoms with E-state index in [9.17, 15) is 4.57 Å². The Bertz CT molecular complexity index is 1900. The number of para-hydroxylation sites is 1. The molecule has 0 spiro atoms. The van der Waals surface area contributed by atoms with Crippen LogP contribution in [-0.4, -0.2) is 4.98 Å². The van der Waals surface area contributed by atoms with Crippen molar-refractivity contribution in [2.75, 3.05) is 0 Å². The molecule has 0 radical (unpaired) electrons. The molecule has 0 bridgehead atoms. The summed E-state index contributed by atoms with van der Waals surface area (Å²) < 4.78 is 17.2. The van der Waals surface area contributed by atoms with Gasteiger partial charge in [-0.25, -0.2) is 4.98 Å². The van der Waals surface area contributed by atoms with E-state index < -0.39 is 7.14 Å². The van der Waals surface area contributed by atoms with Crippen molar-refractivity contribution in [3.8, 4) is 11.1 Å². The monoisotopic (exact) mass is 541 g/mol. The van der Waals surface area contributed by atoms with Crippen molar-refractivity contribution < 1.29 is 4.57 Å². The Morgan fingerprint density at radius 3 is 1.72 bits per heavy atom. The second kappa shape index (κ2) is 10.6. The highest BCUT2D eigenvalue weighted by Crippen LogP contribution is 2.45. The summed E-state index contributed by atoms with van der Waals surface area (Å²) in [7, 11) is -3.02. The SMILES string of the molecule is CC.O=P(c1ccccc1)(c1ccccc1)c1ccc(-c2c3ccccc3nc3c2sc2ccccc23)cc1. The van der Waals surface area contributed by atoms with Crippen LogP contribution in [0.15, 0.2) is 133 Å². The molecule has 0 saturated heterocycles. The molecule has 5 aromatic carbocycles. The molecule has 0 N–H and O–H groups in total. The largest absolute Gasteiger partial charge is 0.309 e. The number of aromatic nitrogens is 1. The van der Waals surface area contributed by atoms with Gasteiger partial charge in [0.1, 0.15) is 0 Å². The van der Waals surface area contributed by atoms with Crippen LogP contribution in [0, 0.1) is 0 Å². The lowest BCUT2D eigenvalue weighted by Gasteiger charge is -2.20. The van der Waals surface area contributed by atoms with Gasteiger partial charge in [-0.3, -0.25) is 0 Å². The van der Waals surface area contributed by atoms with E-state index in [4.69, 9.17) is 4.98 Å². The summed E-state index contributed by atoms with van der Waals surface area (Å²) in [5.41, 5.74) is 4.31. The van der Waals surface area contributed by atoms with Crippen LogP contribution in [0.25, 0.3) is 42.3 Å². The van der Waals surface area contributed by atoms with Gasteiger partial charge in [-0.05, 0) is 17.7 Å². The molecule has 0 aliphatic rings. The van der Waals surface area contributed by atoms with Gasteiger partial charge in [0.15, 0.2) is 7.14 Å². The van der Waals surface area contributed by atoms with Gasteiger partial charge >= 0.3 is 0 Å². The van der Waals surface area contributed by atoms with Crippen LogP contribution in [-0.2, 0) is 4.57 Å². The van der Waals surface area contributed by atoms with Crippen LogP contribution >= 0.6 is 18.5 Å². The van der Waals surface area contributed by atoms with Gasteiger partial charge in [0, 0.05) is 36.9 Å². The molecule has 0 amide bonds. The van der Waals surface area contributed by atoms with E-state index in [0.717, 1.165) is 37.9 Å². The van der Waals surface area contributed by atoms with Gasteiger partial charge < -0.3 is 4.57 Å². The van der Waals surface area contributed by atoms with Crippen molar-refractivity contribution in [1.29, 1.82) is 0 Å². The maximum atomic E-state index is 14.8. The Hall–Kier alpha value is -4.04. The molecule has 39 heavy (non-hydrogen) atoms. The van der Waals surface area contributed by atoms with Crippen molar-refractivity contribution >= 4 is 65.6 Å². The number of pyridine rings is 1. The van der Waals surface area contributed by atoms with E-state index in [1.807, 2.05) is 92.7 Å². The zero-order valence-electron chi connectivity index (χ0n) is 21.9. The maximum Gasteiger partial charge on any atom is 0.171 e. The molecule has 0 saturated carbocycles. The van der Waals surface area contributed by atoms with Gasteiger partial charge in [-0.15, -0.1) is 11.3 Å². The summed E-state index contributed by atoms with van der Waals surface area (Å²) in [4.78, 5) is 5.05. The summed E-state index contributed by atoms with van der Waals surface area (Å²) in [6, 6.07) is 44.8. The topological polar surface area (TPSA) is 30.0 Å². The third-order valence-corrected chi connectivity index (χ3v) is 11.2. The number of nitrogens with zero attached hydrogens (tertiary/aromatic N) is 1. The molecule has 0 aliphatic carbocycles. The van der Waals surface area contributed by atoms with Gasteiger partial charge in [-0.1, -0.05) is 135 Å². The Morgan fingerprint density at radius 2 is 1.08 bits per heavy atom. The van der Waals surface area contributed by atoms with Gasteiger partial charge in [0.2, 0.25) is 0 Å². The number of thiophene rings is 1. The third-order valence-electron chi connectivity index (χ3n) is 6.96. The molecule has 7 rings (SSSR count). The molecule has 2 nitrogen and oxygen atoms in total. The van der Waals surface area contributed by atoms with Crippen LogP contribution in [0.5, 0.6) is 0 Å². The molecule has 0 unspecified atom stereocenters. The van der Waals surface area contributed by atoms with E-state index in [-0.39, 0.29) is 0 Å².